The van der Waals surface area contributed by atoms with Gasteiger partial charge in [0.1, 0.15) is 0 Å². The first-order valence-electron chi connectivity index (χ1n) is 13.1. The molecular weight excluding hydrogens is 452 g/mol. The van der Waals surface area contributed by atoms with Gasteiger partial charge >= 0.3 is 23.9 Å². The van der Waals surface area contributed by atoms with E-state index in [1.54, 1.807) is 0 Å². The quantitative estimate of drug-likeness (QED) is 0.0887. The van der Waals surface area contributed by atoms with Crippen LogP contribution in [-0.2, 0) is 38.1 Å². The summed E-state index contributed by atoms with van der Waals surface area (Å²) in [4.78, 5) is 44.7. The maximum absolute atomic E-state index is 11.4. The Morgan fingerprint density at radius 1 is 0.543 bits per heavy atom. The zero-order valence-corrected chi connectivity index (χ0v) is 22.5. The number of carbonyl (C=O) groups is 4. The van der Waals surface area contributed by atoms with Gasteiger partial charge in [0.15, 0.2) is 0 Å². The van der Waals surface area contributed by atoms with Crippen LogP contribution < -0.4 is 0 Å². The van der Waals surface area contributed by atoms with E-state index >= 15 is 0 Å². The van der Waals surface area contributed by atoms with Crippen LogP contribution in [-0.4, -0.2) is 50.3 Å². The van der Waals surface area contributed by atoms with Gasteiger partial charge in [0, 0.05) is 18.4 Å². The normalized spacial score (nSPS) is 9.94. The minimum Gasteiger partial charge on any atom is -0.466 e. The third-order valence-electron chi connectivity index (χ3n) is 4.76. The van der Waals surface area contributed by atoms with Crippen molar-refractivity contribution in [1.29, 1.82) is 0 Å². The Morgan fingerprint density at radius 3 is 1.40 bits per heavy atom. The molecule has 0 unspecified atom stereocenters. The number of rotatable bonds is 20. The third-order valence-corrected chi connectivity index (χ3v) is 4.76. The molecule has 0 aromatic rings. The first-order valence-corrected chi connectivity index (χ1v) is 13.1. The molecule has 0 amide bonds. The van der Waals surface area contributed by atoms with Crippen LogP contribution in [0.15, 0.2) is 12.2 Å². The summed E-state index contributed by atoms with van der Waals surface area (Å²) >= 11 is 0. The van der Waals surface area contributed by atoms with E-state index in [1.807, 2.05) is 27.7 Å². The molecule has 0 N–H and O–H groups in total. The van der Waals surface area contributed by atoms with Crippen molar-refractivity contribution in [3.8, 4) is 0 Å². The Bertz CT molecular complexity index is 562. The molecule has 0 aromatic carbocycles. The van der Waals surface area contributed by atoms with E-state index < -0.39 is 11.9 Å². The lowest BCUT2D eigenvalue weighted by atomic mass is 10.1. The summed E-state index contributed by atoms with van der Waals surface area (Å²) in [5.74, 6) is -1.12. The van der Waals surface area contributed by atoms with Crippen LogP contribution in [0.3, 0.4) is 0 Å². The second kappa shape index (κ2) is 26.2. The fourth-order valence-electron chi connectivity index (χ4n) is 2.75. The van der Waals surface area contributed by atoms with Gasteiger partial charge in [-0.15, -0.1) is 0 Å². The molecule has 204 valence electrons. The van der Waals surface area contributed by atoms with Gasteiger partial charge in [-0.3, -0.25) is 14.4 Å². The number of ether oxygens (including phenoxy) is 4. The molecule has 0 fully saturated rings. The molecule has 0 saturated carbocycles. The van der Waals surface area contributed by atoms with Crippen molar-refractivity contribution in [2.45, 2.75) is 111 Å². The van der Waals surface area contributed by atoms with Gasteiger partial charge in [0.2, 0.25) is 0 Å². The SMILES string of the molecule is C=C(CC(=O)OCCCC)C(=O)OCCCC.CCOC(=O)CCCCCCCCC(=O)OCC. The molecule has 0 saturated heterocycles. The summed E-state index contributed by atoms with van der Waals surface area (Å²) in [6.45, 7) is 12.9. The first kappa shape index (κ1) is 34.8. The highest BCUT2D eigenvalue weighted by atomic mass is 16.5. The topological polar surface area (TPSA) is 105 Å². The molecule has 0 aromatic heterocycles. The van der Waals surface area contributed by atoms with Crippen LogP contribution in [0.4, 0.5) is 0 Å². The van der Waals surface area contributed by atoms with E-state index in [-0.39, 0.29) is 23.9 Å². The summed E-state index contributed by atoms with van der Waals surface area (Å²) in [6.07, 6.45) is 10.7. The van der Waals surface area contributed by atoms with Crippen molar-refractivity contribution in [3.63, 3.8) is 0 Å². The van der Waals surface area contributed by atoms with Gasteiger partial charge in [0.25, 0.3) is 0 Å². The average molecular weight is 501 g/mol. The van der Waals surface area contributed by atoms with Gasteiger partial charge in [-0.25, -0.2) is 4.79 Å². The second-order valence-electron chi connectivity index (χ2n) is 8.08. The maximum Gasteiger partial charge on any atom is 0.333 e. The lowest BCUT2D eigenvalue weighted by Gasteiger charge is -2.07. The number of unbranched alkanes of at least 4 members (excludes halogenated alkanes) is 7. The summed E-state index contributed by atoms with van der Waals surface area (Å²) in [5.41, 5.74) is 0.155. The van der Waals surface area contributed by atoms with Crippen LogP contribution in [0.25, 0.3) is 0 Å². The highest BCUT2D eigenvalue weighted by Crippen LogP contribution is 2.09. The van der Waals surface area contributed by atoms with Crippen molar-refractivity contribution in [2.24, 2.45) is 0 Å². The Balaban J connectivity index is 0. The van der Waals surface area contributed by atoms with Crippen molar-refractivity contribution >= 4 is 23.9 Å². The third kappa shape index (κ3) is 26.1. The molecule has 0 rings (SSSR count). The van der Waals surface area contributed by atoms with Gasteiger partial charge in [-0.2, -0.15) is 0 Å². The van der Waals surface area contributed by atoms with Crippen LogP contribution >= 0.6 is 0 Å². The minimum atomic E-state index is -0.508. The van der Waals surface area contributed by atoms with E-state index in [0.29, 0.717) is 39.3 Å². The van der Waals surface area contributed by atoms with Crippen molar-refractivity contribution in [3.05, 3.63) is 12.2 Å². The second-order valence-corrected chi connectivity index (χ2v) is 8.08. The molecule has 0 aliphatic heterocycles. The van der Waals surface area contributed by atoms with Crippen LogP contribution in [0.2, 0.25) is 0 Å². The molecule has 8 heteroatoms. The fraction of sp³-hybridized carbons (Fsp3) is 0.778. The van der Waals surface area contributed by atoms with Crippen LogP contribution in [0.5, 0.6) is 0 Å². The Kier molecular flexibility index (Phi) is 26.1. The minimum absolute atomic E-state index is 0.0886. The van der Waals surface area contributed by atoms with Crippen LogP contribution in [0, 0.1) is 0 Å². The molecule has 0 bridgehead atoms. The standard InChI is InChI=1S/C14H26O4.C13H22O4/c1-3-17-13(15)11-9-7-5-6-8-10-12-14(16)18-4-2;1-4-6-8-16-12(14)10-11(3)13(15)17-9-7-5-2/h3-12H2,1-2H3;3-10H2,1-2H3. The molecular formula is C27H48O8. The molecule has 0 heterocycles. The van der Waals surface area contributed by atoms with E-state index in [2.05, 4.69) is 6.58 Å². The Morgan fingerprint density at radius 2 is 0.971 bits per heavy atom. The molecule has 8 nitrogen and oxygen atoms in total. The molecule has 0 radical (unpaired) electrons. The molecule has 0 atom stereocenters. The predicted octanol–water partition coefficient (Wildman–Crippen LogP) is 5.85. The van der Waals surface area contributed by atoms with E-state index in [9.17, 15) is 19.2 Å². The van der Waals surface area contributed by atoms with E-state index in [4.69, 9.17) is 18.9 Å². The largest absolute Gasteiger partial charge is 0.466 e. The first-order chi connectivity index (χ1) is 16.8. The van der Waals surface area contributed by atoms with Crippen molar-refractivity contribution in [1.82, 2.24) is 0 Å². The van der Waals surface area contributed by atoms with Gasteiger partial charge in [0.05, 0.1) is 32.8 Å². The fourth-order valence-corrected chi connectivity index (χ4v) is 2.75. The zero-order chi connectivity index (χ0) is 26.7. The number of hydrogen-bond acceptors (Lipinski definition) is 8. The maximum atomic E-state index is 11.4. The van der Waals surface area contributed by atoms with Crippen molar-refractivity contribution in [2.75, 3.05) is 26.4 Å². The average Bonchev–Trinajstić information content (AvgIpc) is 2.81. The summed E-state index contributed by atoms with van der Waals surface area (Å²) < 4.78 is 19.5. The summed E-state index contributed by atoms with van der Waals surface area (Å²) in [5, 5.41) is 0. The molecule has 35 heavy (non-hydrogen) atoms. The van der Waals surface area contributed by atoms with Gasteiger partial charge in [-0.1, -0.05) is 59.0 Å². The summed E-state index contributed by atoms with van der Waals surface area (Å²) in [6, 6.07) is 0. The van der Waals surface area contributed by atoms with Crippen molar-refractivity contribution < 1.29 is 38.1 Å². The predicted molar refractivity (Wildman–Crippen MR) is 136 cm³/mol. The monoisotopic (exact) mass is 500 g/mol. The lowest BCUT2D eigenvalue weighted by molar-refractivity contribution is -0.146. The highest BCUT2D eigenvalue weighted by molar-refractivity contribution is 5.93. The number of carbonyl (C=O) groups excluding carboxylic acids is 4. The zero-order valence-electron chi connectivity index (χ0n) is 22.5. The molecule has 0 aliphatic carbocycles. The van der Waals surface area contributed by atoms with Gasteiger partial charge < -0.3 is 18.9 Å². The van der Waals surface area contributed by atoms with E-state index in [1.165, 1.54) is 0 Å². The number of hydrogen-bond donors (Lipinski definition) is 0. The number of esters is 4. The molecule has 0 spiro atoms. The van der Waals surface area contributed by atoms with E-state index in [0.717, 1.165) is 64.2 Å². The Hall–Kier alpha value is -2.38. The Labute approximate surface area is 212 Å². The molecule has 0 aliphatic rings. The highest BCUT2D eigenvalue weighted by Gasteiger charge is 2.13. The van der Waals surface area contributed by atoms with Gasteiger partial charge in [-0.05, 0) is 39.5 Å². The summed E-state index contributed by atoms with van der Waals surface area (Å²) in [7, 11) is 0. The lowest BCUT2D eigenvalue weighted by Crippen LogP contribution is -2.13. The van der Waals surface area contributed by atoms with Crippen LogP contribution in [0.1, 0.15) is 111 Å². The smallest absolute Gasteiger partial charge is 0.333 e.